The first-order chi connectivity index (χ1) is 12.6. The van der Waals surface area contributed by atoms with E-state index in [0.29, 0.717) is 18.0 Å². The van der Waals surface area contributed by atoms with Crippen LogP contribution in [-0.2, 0) is 4.79 Å². The molecular weight excluding hydrogens is 328 g/mol. The lowest BCUT2D eigenvalue weighted by atomic mass is 10.2. The molecule has 0 aliphatic rings. The second-order valence-electron chi connectivity index (χ2n) is 6.26. The number of hydrogen-bond donors (Lipinski definition) is 1. The number of benzene rings is 2. The van der Waals surface area contributed by atoms with E-state index in [2.05, 4.69) is 5.32 Å². The molecule has 0 bridgehead atoms. The summed E-state index contributed by atoms with van der Waals surface area (Å²) in [5, 5.41) is 3.99. The van der Waals surface area contributed by atoms with E-state index >= 15 is 0 Å². The monoisotopic (exact) mass is 352 g/mol. The number of carbonyl (C=O) groups is 1. The van der Waals surface area contributed by atoms with E-state index in [9.17, 15) is 4.79 Å². The molecule has 2 aromatic carbocycles. The maximum Gasteiger partial charge on any atom is 0.238 e. The summed E-state index contributed by atoms with van der Waals surface area (Å²) >= 11 is 0. The zero-order valence-corrected chi connectivity index (χ0v) is 15.4. The highest BCUT2D eigenvalue weighted by atomic mass is 16.5. The first-order valence-corrected chi connectivity index (χ1v) is 8.79. The number of carbonyl (C=O) groups excluding carboxylic acids is 1. The van der Waals surface area contributed by atoms with Crippen LogP contribution in [0.1, 0.15) is 25.6 Å². The molecule has 0 saturated heterocycles. The van der Waals surface area contributed by atoms with Gasteiger partial charge in [-0.15, -0.1) is 0 Å². The molecule has 1 amide bonds. The van der Waals surface area contributed by atoms with Crippen molar-refractivity contribution in [1.82, 2.24) is 4.90 Å². The van der Waals surface area contributed by atoms with Crippen LogP contribution in [0.4, 0.5) is 5.69 Å². The number of rotatable bonds is 7. The molecule has 0 saturated carbocycles. The van der Waals surface area contributed by atoms with Crippen molar-refractivity contribution in [2.24, 2.45) is 0 Å². The van der Waals surface area contributed by atoms with Gasteiger partial charge in [0.15, 0.2) is 0 Å². The van der Waals surface area contributed by atoms with Crippen LogP contribution in [0.3, 0.4) is 0 Å². The summed E-state index contributed by atoms with van der Waals surface area (Å²) in [6.45, 7) is 4.75. The average molecular weight is 352 g/mol. The van der Waals surface area contributed by atoms with Gasteiger partial charge >= 0.3 is 0 Å². The summed E-state index contributed by atoms with van der Waals surface area (Å²) in [5.41, 5.74) is 1.54. The molecule has 136 valence electrons. The van der Waals surface area contributed by atoms with Crippen molar-refractivity contribution in [3.05, 3.63) is 60.4 Å². The number of amides is 1. The normalized spacial score (nSPS) is 12.3. The average Bonchev–Trinajstić information content (AvgIpc) is 3.07. The third kappa shape index (κ3) is 4.06. The Kier molecular flexibility index (Phi) is 5.58. The van der Waals surface area contributed by atoms with Gasteiger partial charge in [-0.3, -0.25) is 9.69 Å². The molecule has 0 spiro atoms. The largest absolute Gasteiger partial charge is 0.492 e. The lowest BCUT2D eigenvalue weighted by Crippen LogP contribution is -2.32. The predicted molar refractivity (Wildman–Crippen MR) is 103 cm³/mol. The Balaban J connectivity index is 1.65. The number of likely N-dealkylation sites (N-methyl/N-ethyl adjacent to an activating group) is 1. The molecule has 3 rings (SSSR count). The minimum absolute atomic E-state index is 0.0183. The molecule has 26 heavy (non-hydrogen) atoms. The molecule has 0 radical (unpaired) electrons. The van der Waals surface area contributed by atoms with Gasteiger partial charge in [-0.1, -0.05) is 30.3 Å². The fraction of sp³-hybridized carbons (Fsp3) is 0.286. The summed E-state index contributed by atoms with van der Waals surface area (Å²) in [4.78, 5) is 14.4. The first kappa shape index (κ1) is 18.0. The van der Waals surface area contributed by atoms with Gasteiger partial charge in [0.25, 0.3) is 0 Å². The Hall–Kier alpha value is -2.79. The molecular formula is C21H24N2O3. The lowest BCUT2D eigenvalue weighted by Gasteiger charge is -2.22. The minimum Gasteiger partial charge on any atom is -0.492 e. The van der Waals surface area contributed by atoms with Gasteiger partial charge in [-0.25, -0.2) is 0 Å². The quantitative estimate of drug-likeness (QED) is 0.682. The summed E-state index contributed by atoms with van der Waals surface area (Å²) in [6.07, 6.45) is 0. The van der Waals surface area contributed by atoms with Gasteiger partial charge in [0, 0.05) is 5.39 Å². The molecule has 1 N–H and O–H groups in total. The molecule has 0 fully saturated rings. The van der Waals surface area contributed by atoms with Crippen LogP contribution in [0.25, 0.3) is 11.0 Å². The predicted octanol–water partition coefficient (Wildman–Crippen LogP) is 4.46. The molecule has 5 nitrogen and oxygen atoms in total. The third-order valence-corrected chi connectivity index (χ3v) is 4.37. The number of furan rings is 1. The maximum absolute atomic E-state index is 12.4. The van der Waals surface area contributed by atoms with E-state index in [1.165, 1.54) is 0 Å². The van der Waals surface area contributed by atoms with Crippen LogP contribution >= 0.6 is 0 Å². The fourth-order valence-corrected chi connectivity index (χ4v) is 2.83. The van der Waals surface area contributed by atoms with E-state index in [1.54, 1.807) is 0 Å². The summed E-state index contributed by atoms with van der Waals surface area (Å²) < 4.78 is 11.5. The van der Waals surface area contributed by atoms with E-state index in [-0.39, 0.29) is 18.5 Å². The van der Waals surface area contributed by atoms with E-state index < -0.39 is 0 Å². The van der Waals surface area contributed by atoms with E-state index in [1.807, 2.05) is 80.4 Å². The highest BCUT2D eigenvalue weighted by molar-refractivity contribution is 5.93. The summed E-state index contributed by atoms with van der Waals surface area (Å²) in [5.74, 6) is 1.43. The molecule has 1 heterocycles. The van der Waals surface area contributed by atoms with Gasteiger partial charge in [0.05, 0.1) is 24.9 Å². The van der Waals surface area contributed by atoms with Crippen LogP contribution in [0.5, 0.6) is 5.75 Å². The first-order valence-electron chi connectivity index (χ1n) is 8.79. The van der Waals surface area contributed by atoms with Gasteiger partial charge in [0.2, 0.25) is 5.91 Å². The molecule has 5 heteroatoms. The van der Waals surface area contributed by atoms with Crippen molar-refractivity contribution in [1.29, 1.82) is 0 Å². The Labute approximate surface area is 153 Å². The van der Waals surface area contributed by atoms with Crippen molar-refractivity contribution >= 4 is 22.6 Å². The Morgan fingerprint density at radius 2 is 1.92 bits per heavy atom. The lowest BCUT2D eigenvalue weighted by molar-refractivity contribution is -0.117. The van der Waals surface area contributed by atoms with Crippen molar-refractivity contribution < 1.29 is 13.9 Å². The number of fused-ring (bicyclic) bond motifs is 1. The van der Waals surface area contributed by atoms with Crippen molar-refractivity contribution in [2.75, 3.05) is 25.5 Å². The van der Waals surface area contributed by atoms with Crippen molar-refractivity contribution in [3.8, 4) is 5.75 Å². The molecule has 0 aliphatic carbocycles. The topological polar surface area (TPSA) is 54.7 Å². The highest BCUT2D eigenvalue weighted by Crippen LogP contribution is 2.27. The SMILES string of the molecule is CCOc1ccccc1NC(=O)CN(C)C(C)c1cc2ccccc2o1. The maximum atomic E-state index is 12.4. The number of nitrogens with zero attached hydrogens (tertiary/aromatic N) is 1. The van der Waals surface area contributed by atoms with Gasteiger partial charge in [-0.05, 0) is 45.2 Å². The van der Waals surface area contributed by atoms with Gasteiger partial charge < -0.3 is 14.5 Å². The smallest absolute Gasteiger partial charge is 0.238 e. The second kappa shape index (κ2) is 8.06. The highest BCUT2D eigenvalue weighted by Gasteiger charge is 2.19. The van der Waals surface area contributed by atoms with Crippen LogP contribution in [0.15, 0.2) is 59.0 Å². The number of para-hydroxylation sites is 3. The summed E-state index contributed by atoms with van der Waals surface area (Å²) in [6, 6.07) is 17.4. The number of hydrogen-bond acceptors (Lipinski definition) is 4. The standard InChI is InChI=1S/C21H24N2O3/c1-4-25-19-12-8-6-10-17(19)22-21(24)14-23(3)15(2)20-13-16-9-5-7-11-18(16)26-20/h5-13,15H,4,14H2,1-3H3,(H,22,24). The second-order valence-corrected chi connectivity index (χ2v) is 6.26. The number of nitrogens with one attached hydrogen (secondary N) is 1. The minimum atomic E-state index is -0.0948. The van der Waals surface area contributed by atoms with E-state index in [4.69, 9.17) is 9.15 Å². The van der Waals surface area contributed by atoms with Crippen molar-refractivity contribution in [3.63, 3.8) is 0 Å². The molecule has 1 aromatic heterocycles. The van der Waals surface area contributed by atoms with Crippen molar-refractivity contribution in [2.45, 2.75) is 19.9 Å². The Morgan fingerprint density at radius 3 is 2.69 bits per heavy atom. The van der Waals surface area contributed by atoms with Crippen LogP contribution in [0.2, 0.25) is 0 Å². The molecule has 1 atom stereocenters. The van der Waals surface area contributed by atoms with Crippen LogP contribution < -0.4 is 10.1 Å². The number of ether oxygens (including phenoxy) is 1. The zero-order chi connectivity index (χ0) is 18.5. The zero-order valence-electron chi connectivity index (χ0n) is 15.4. The van der Waals surface area contributed by atoms with E-state index in [0.717, 1.165) is 16.7 Å². The fourth-order valence-electron chi connectivity index (χ4n) is 2.83. The molecule has 0 aliphatic heterocycles. The van der Waals surface area contributed by atoms with Gasteiger partial charge in [-0.2, -0.15) is 0 Å². The molecule has 3 aromatic rings. The summed E-state index contributed by atoms with van der Waals surface area (Å²) in [7, 11) is 1.91. The Bertz CT molecular complexity index is 855. The Morgan fingerprint density at radius 1 is 1.19 bits per heavy atom. The van der Waals surface area contributed by atoms with Crippen LogP contribution in [0, 0.1) is 0 Å². The van der Waals surface area contributed by atoms with Gasteiger partial charge in [0.1, 0.15) is 17.1 Å². The number of anilines is 1. The molecule has 1 unspecified atom stereocenters. The third-order valence-electron chi connectivity index (χ3n) is 4.37. The van der Waals surface area contributed by atoms with Crippen LogP contribution in [-0.4, -0.2) is 31.0 Å².